The van der Waals surface area contributed by atoms with E-state index in [4.69, 9.17) is 0 Å². The number of hydrogen-bond acceptors (Lipinski definition) is 8. The van der Waals surface area contributed by atoms with Gasteiger partial charge in [0.1, 0.15) is 11.3 Å². The van der Waals surface area contributed by atoms with Crippen molar-refractivity contribution >= 4 is 39.7 Å². The molecule has 5 rings (SSSR count). The summed E-state index contributed by atoms with van der Waals surface area (Å²) in [5, 5.41) is 17.2. The Morgan fingerprint density at radius 3 is 2.61 bits per heavy atom. The average molecular weight is 415 g/mol. The largest absolute Gasteiger partial charge is 0.361 e. The lowest BCUT2D eigenvalue weighted by Gasteiger charge is -2.09. The van der Waals surface area contributed by atoms with Crippen LogP contribution in [0.15, 0.2) is 54.9 Å². The fourth-order valence-corrected chi connectivity index (χ4v) is 3.21. The maximum atomic E-state index is 10.8. The van der Waals surface area contributed by atoms with E-state index < -0.39 is 4.92 Å². The monoisotopic (exact) mass is 415 g/mol. The minimum Gasteiger partial charge on any atom is -0.361 e. The Labute approximate surface area is 175 Å². The predicted molar refractivity (Wildman–Crippen MR) is 116 cm³/mol. The number of rotatable bonds is 7. The zero-order chi connectivity index (χ0) is 21.2. The van der Waals surface area contributed by atoms with Crippen molar-refractivity contribution in [3.8, 4) is 0 Å². The van der Waals surface area contributed by atoms with Crippen molar-refractivity contribution < 1.29 is 4.92 Å². The number of nitro benzene ring substituents is 1. The van der Waals surface area contributed by atoms with E-state index in [-0.39, 0.29) is 5.69 Å². The minimum atomic E-state index is -0.425. The van der Waals surface area contributed by atoms with E-state index in [2.05, 4.69) is 40.5 Å². The Balaban J connectivity index is 1.33. The lowest BCUT2D eigenvalue weighted by molar-refractivity contribution is -0.384. The molecule has 11 heteroatoms. The molecule has 0 aliphatic heterocycles. The fraction of sp³-hybridized carbons (Fsp3) is 0.100. The van der Waals surface area contributed by atoms with Crippen molar-refractivity contribution in [1.82, 2.24) is 29.9 Å². The summed E-state index contributed by atoms with van der Waals surface area (Å²) in [6.45, 7) is 0.860. The molecular weight excluding hydrogens is 398 g/mol. The first-order chi connectivity index (χ1) is 15.2. The van der Waals surface area contributed by atoms with Crippen LogP contribution in [-0.2, 0) is 13.1 Å². The van der Waals surface area contributed by atoms with Crippen LogP contribution in [0.4, 0.5) is 17.5 Å². The molecule has 0 aliphatic rings. The average Bonchev–Trinajstić information content (AvgIpc) is 3.42. The number of aromatic nitrogens is 6. The number of benzene rings is 2. The molecule has 0 amide bonds. The summed E-state index contributed by atoms with van der Waals surface area (Å²) in [5.74, 6) is 1.77. The van der Waals surface area contributed by atoms with Crippen LogP contribution in [0, 0.1) is 10.1 Å². The van der Waals surface area contributed by atoms with Crippen LogP contribution in [0.3, 0.4) is 0 Å². The quantitative estimate of drug-likeness (QED) is 0.233. The number of anilines is 2. The number of nitrogens with zero attached hydrogens (tertiary/aromatic N) is 5. The molecule has 0 fully saturated rings. The van der Waals surface area contributed by atoms with Crippen molar-refractivity contribution in [2.45, 2.75) is 13.1 Å². The molecule has 2 aromatic carbocycles. The first-order valence-corrected chi connectivity index (χ1v) is 9.51. The summed E-state index contributed by atoms with van der Waals surface area (Å²) in [4.78, 5) is 34.4. The molecule has 11 nitrogen and oxygen atoms in total. The topological polar surface area (TPSA) is 150 Å². The second kappa shape index (κ2) is 7.71. The van der Waals surface area contributed by atoms with Crippen molar-refractivity contribution in [1.29, 1.82) is 0 Å². The molecule has 0 bridgehead atoms. The molecule has 0 aliphatic carbocycles. The van der Waals surface area contributed by atoms with E-state index in [0.29, 0.717) is 36.0 Å². The van der Waals surface area contributed by atoms with Crippen LogP contribution >= 0.6 is 0 Å². The van der Waals surface area contributed by atoms with Gasteiger partial charge in [0.2, 0.25) is 5.95 Å². The van der Waals surface area contributed by atoms with Gasteiger partial charge in [-0.05, 0) is 17.7 Å². The lowest BCUT2D eigenvalue weighted by atomic mass is 10.2. The van der Waals surface area contributed by atoms with Gasteiger partial charge in [0.15, 0.2) is 11.5 Å². The third kappa shape index (κ3) is 3.83. The number of hydrogen-bond donors (Lipinski definition) is 4. The zero-order valence-electron chi connectivity index (χ0n) is 16.2. The smallest absolute Gasteiger partial charge is 0.269 e. The van der Waals surface area contributed by atoms with E-state index in [1.54, 1.807) is 18.5 Å². The molecule has 0 spiro atoms. The van der Waals surface area contributed by atoms with Crippen LogP contribution in [0.5, 0.6) is 0 Å². The maximum Gasteiger partial charge on any atom is 0.269 e. The molecule has 3 aromatic heterocycles. The minimum absolute atomic E-state index is 0.0509. The molecule has 31 heavy (non-hydrogen) atoms. The molecule has 0 saturated heterocycles. The van der Waals surface area contributed by atoms with E-state index in [1.165, 1.54) is 12.1 Å². The molecule has 0 atom stereocenters. The van der Waals surface area contributed by atoms with Gasteiger partial charge in [0.25, 0.3) is 5.69 Å². The normalized spacial score (nSPS) is 11.1. The van der Waals surface area contributed by atoms with Crippen LogP contribution < -0.4 is 10.6 Å². The molecule has 4 N–H and O–H groups in total. The highest BCUT2D eigenvalue weighted by Gasteiger charge is 2.11. The van der Waals surface area contributed by atoms with Gasteiger partial charge in [-0.15, -0.1) is 0 Å². The van der Waals surface area contributed by atoms with Gasteiger partial charge in [0.05, 0.1) is 28.8 Å². The molecular formula is C20H17N9O2. The van der Waals surface area contributed by atoms with Crippen LogP contribution in [0.2, 0.25) is 0 Å². The Morgan fingerprint density at radius 2 is 1.81 bits per heavy atom. The third-order valence-electron chi connectivity index (χ3n) is 4.75. The maximum absolute atomic E-state index is 10.8. The SMILES string of the molecule is O=[N+]([O-])c1ccc(CNc2nc(NCc3nc4ccccc4[nH]3)c3[nH]cnc3n2)cc1. The Morgan fingerprint density at radius 1 is 0.968 bits per heavy atom. The second-order valence-corrected chi connectivity index (χ2v) is 6.83. The number of nitrogens with one attached hydrogen (secondary N) is 4. The highest BCUT2D eigenvalue weighted by atomic mass is 16.6. The zero-order valence-corrected chi connectivity index (χ0v) is 16.2. The highest BCUT2D eigenvalue weighted by Crippen LogP contribution is 2.20. The Kier molecular flexibility index (Phi) is 4.60. The van der Waals surface area contributed by atoms with Crippen molar-refractivity contribution in [2.24, 2.45) is 0 Å². The van der Waals surface area contributed by atoms with Crippen molar-refractivity contribution in [3.63, 3.8) is 0 Å². The van der Waals surface area contributed by atoms with Gasteiger partial charge < -0.3 is 20.6 Å². The summed E-state index contributed by atoms with van der Waals surface area (Å²) in [6, 6.07) is 14.2. The number of para-hydroxylation sites is 2. The number of aromatic amines is 2. The van der Waals surface area contributed by atoms with E-state index >= 15 is 0 Å². The second-order valence-electron chi connectivity index (χ2n) is 6.83. The van der Waals surface area contributed by atoms with Gasteiger partial charge in [-0.1, -0.05) is 24.3 Å². The van der Waals surface area contributed by atoms with Crippen molar-refractivity contribution in [3.05, 3.63) is 76.4 Å². The number of fused-ring (bicyclic) bond motifs is 2. The van der Waals surface area contributed by atoms with Crippen LogP contribution in [0.1, 0.15) is 11.4 Å². The molecule has 0 unspecified atom stereocenters. The highest BCUT2D eigenvalue weighted by molar-refractivity contribution is 5.83. The molecule has 0 radical (unpaired) electrons. The van der Waals surface area contributed by atoms with Crippen LogP contribution in [-0.4, -0.2) is 34.8 Å². The predicted octanol–water partition coefficient (Wildman–Crippen LogP) is 3.36. The summed E-state index contributed by atoms with van der Waals surface area (Å²) < 4.78 is 0. The fourth-order valence-electron chi connectivity index (χ4n) is 3.21. The van der Waals surface area contributed by atoms with Gasteiger partial charge in [-0.2, -0.15) is 9.97 Å². The Hall–Kier alpha value is -4.54. The number of imidazole rings is 2. The summed E-state index contributed by atoms with van der Waals surface area (Å²) >= 11 is 0. The van der Waals surface area contributed by atoms with Crippen molar-refractivity contribution in [2.75, 3.05) is 10.6 Å². The van der Waals surface area contributed by atoms with E-state index in [0.717, 1.165) is 22.4 Å². The first kappa shape index (κ1) is 18.5. The molecule has 3 heterocycles. The summed E-state index contributed by atoms with van der Waals surface area (Å²) in [7, 11) is 0. The third-order valence-corrected chi connectivity index (χ3v) is 4.75. The molecule has 0 saturated carbocycles. The summed E-state index contributed by atoms with van der Waals surface area (Å²) in [5.41, 5.74) is 4.01. The standard InChI is InChI=1S/C20H17N9O2/c30-29(31)13-7-5-12(6-8-13)9-22-20-27-18(17-19(28-20)24-11-23-17)21-10-16-25-14-3-1-2-4-15(14)26-16/h1-8,11H,9-10H2,(H,25,26)(H3,21,22,23,24,27,28). The van der Waals surface area contributed by atoms with Gasteiger partial charge >= 0.3 is 0 Å². The van der Waals surface area contributed by atoms with Gasteiger partial charge in [-0.25, -0.2) is 9.97 Å². The number of H-pyrrole nitrogens is 2. The number of nitro groups is 1. The first-order valence-electron chi connectivity index (χ1n) is 9.51. The van der Waals surface area contributed by atoms with E-state index in [9.17, 15) is 10.1 Å². The van der Waals surface area contributed by atoms with Gasteiger partial charge in [-0.3, -0.25) is 10.1 Å². The van der Waals surface area contributed by atoms with Crippen LogP contribution in [0.25, 0.3) is 22.2 Å². The molecule has 5 aromatic rings. The Bertz CT molecular complexity index is 1340. The lowest BCUT2D eigenvalue weighted by Crippen LogP contribution is -2.08. The molecule has 154 valence electrons. The summed E-state index contributed by atoms with van der Waals surface area (Å²) in [6.07, 6.45) is 1.56. The van der Waals surface area contributed by atoms with Gasteiger partial charge in [0, 0.05) is 18.7 Å². The van der Waals surface area contributed by atoms with E-state index in [1.807, 2.05) is 24.3 Å². The number of non-ortho nitro benzene ring substituents is 1.